The molecular weight excluding hydrogens is 347 g/mol. The van der Waals surface area contributed by atoms with Crippen LogP contribution in [-0.2, 0) is 6.61 Å². The third kappa shape index (κ3) is 3.23. The molecule has 18 heavy (non-hydrogen) atoms. The smallest absolute Gasteiger partial charge is 0.300 e. The summed E-state index contributed by atoms with van der Waals surface area (Å²) in [6.07, 6.45) is 0. The lowest BCUT2D eigenvalue weighted by Crippen LogP contribution is -2.29. The van der Waals surface area contributed by atoms with Crippen LogP contribution in [0.1, 0.15) is 16.3 Å². The van der Waals surface area contributed by atoms with Gasteiger partial charge in [-0.3, -0.25) is 10.2 Å². The van der Waals surface area contributed by atoms with Gasteiger partial charge in [0.1, 0.15) is 18.1 Å². The van der Waals surface area contributed by atoms with E-state index < -0.39 is 5.91 Å². The number of carbonyl (C=O) groups excluding carboxylic acids is 1. The van der Waals surface area contributed by atoms with E-state index in [0.29, 0.717) is 5.76 Å². The number of furan rings is 1. The maximum Gasteiger partial charge on any atom is 0.300 e. The molecule has 3 N–H and O–H groups in total. The van der Waals surface area contributed by atoms with Crippen LogP contribution in [-0.4, -0.2) is 5.91 Å². The van der Waals surface area contributed by atoms with Gasteiger partial charge in [-0.2, -0.15) is 0 Å². The van der Waals surface area contributed by atoms with Crippen LogP contribution in [0.2, 0.25) is 0 Å². The first kappa shape index (κ1) is 12.9. The molecule has 5 nitrogen and oxygen atoms in total. The maximum absolute atomic E-state index is 11.2. The van der Waals surface area contributed by atoms with Crippen molar-refractivity contribution >= 4 is 28.5 Å². The first-order valence-electron chi connectivity index (χ1n) is 5.17. The molecule has 1 amide bonds. The quantitative estimate of drug-likeness (QED) is 0.380. The fourth-order valence-electron chi connectivity index (χ4n) is 1.33. The lowest BCUT2D eigenvalue weighted by molar-refractivity contribution is 0.0922. The molecule has 0 radical (unpaired) electrons. The molecule has 0 saturated carbocycles. The van der Waals surface area contributed by atoms with E-state index in [9.17, 15) is 4.79 Å². The van der Waals surface area contributed by atoms with E-state index in [0.717, 1.165) is 9.32 Å². The van der Waals surface area contributed by atoms with Gasteiger partial charge in [-0.05, 0) is 59.0 Å². The molecule has 2 rings (SSSR count). The molecule has 0 atom stereocenters. The van der Waals surface area contributed by atoms with Crippen molar-refractivity contribution in [1.29, 1.82) is 0 Å². The van der Waals surface area contributed by atoms with Crippen LogP contribution in [0, 0.1) is 3.57 Å². The zero-order valence-corrected chi connectivity index (χ0v) is 11.5. The molecule has 0 aliphatic carbocycles. The molecule has 0 aliphatic rings. The standard InChI is InChI=1S/C12H11IN2O3/c13-8-1-3-9(4-2-8)17-7-10-5-6-11(18-10)12(16)15-14/h1-6H,7,14H2,(H,15,16). The Balaban J connectivity index is 1.96. The number of rotatable bonds is 4. The van der Waals surface area contributed by atoms with Gasteiger partial charge >= 0.3 is 5.91 Å². The van der Waals surface area contributed by atoms with E-state index in [1.165, 1.54) is 0 Å². The van der Waals surface area contributed by atoms with Crippen LogP contribution < -0.4 is 16.0 Å². The lowest BCUT2D eigenvalue weighted by Gasteiger charge is -2.03. The Morgan fingerprint density at radius 1 is 1.28 bits per heavy atom. The van der Waals surface area contributed by atoms with Crippen LogP contribution in [0.25, 0.3) is 0 Å². The van der Waals surface area contributed by atoms with Crippen molar-refractivity contribution in [1.82, 2.24) is 5.43 Å². The Morgan fingerprint density at radius 2 is 2.00 bits per heavy atom. The molecule has 2 aromatic rings. The van der Waals surface area contributed by atoms with Crippen molar-refractivity contribution in [2.75, 3.05) is 0 Å². The van der Waals surface area contributed by atoms with Crippen molar-refractivity contribution in [2.45, 2.75) is 6.61 Å². The summed E-state index contributed by atoms with van der Waals surface area (Å²) in [7, 11) is 0. The molecule has 0 aliphatic heterocycles. The van der Waals surface area contributed by atoms with E-state index >= 15 is 0 Å². The highest BCUT2D eigenvalue weighted by atomic mass is 127. The Hall–Kier alpha value is -1.54. The Bertz CT molecular complexity index is 537. The fourth-order valence-corrected chi connectivity index (χ4v) is 1.69. The van der Waals surface area contributed by atoms with Gasteiger partial charge in [-0.1, -0.05) is 0 Å². The van der Waals surface area contributed by atoms with Crippen molar-refractivity contribution in [2.24, 2.45) is 5.84 Å². The molecule has 0 bridgehead atoms. The molecule has 0 saturated heterocycles. The van der Waals surface area contributed by atoms with Crippen molar-refractivity contribution in [3.8, 4) is 5.75 Å². The predicted octanol–water partition coefficient (Wildman–Crippen LogP) is 2.07. The molecule has 0 fully saturated rings. The summed E-state index contributed by atoms with van der Waals surface area (Å²) in [5.41, 5.74) is 2.00. The summed E-state index contributed by atoms with van der Waals surface area (Å²) in [5, 5.41) is 0. The Kier molecular flexibility index (Phi) is 4.21. The summed E-state index contributed by atoms with van der Waals surface area (Å²) in [5.74, 6) is 6.01. The van der Waals surface area contributed by atoms with E-state index in [-0.39, 0.29) is 12.4 Å². The van der Waals surface area contributed by atoms with Gasteiger partial charge in [0, 0.05) is 3.57 Å². The number of carbonyl (C=O) groups is 1. The minimum Gasteiger partial charge on any atom is -0.486 e. The SMILES string of the molecule is NNC(=O)c1ccc(COc2ccc(I)cc2)o1. The zero-order valence-electron chi connectivity index (χ0n) is 9.35. The number of ether oxygens (including phenoxy) is 1. The highest BCUT2D eigenvalue weighted by molar-refractivity contribution is 14.1. The highest BCUT2D eigenvalue weighted by Crippen LogP contribution is 2.16. The minimum absolute atomic E-state index is 0.165. The first-order chi connectivity index (χ1) is 8.69. The number of hydrogen-bond acceptors (Lipinski definition) is 4. The monoisotopic (exact) mass is 358 g/mol. The largest absolute Gasteiger partial charge is 0.486 e. The fraction of sp³-hybridized carbons (Fsp3) is 0.0833. The molecule has 0 spiro atoms. The molecule has 6 heteroatoms. The first-order valence-corrected chi connectivity index (χ1v) is 6.25. The summed E-state index contributed by atoms with van der Waals surface area (Å²) >= 11 is 2.22. The predicted molar refractivity (Wildman–Crippen MR) is 73.9 cm³/mol. The number of nitrogens with two attached hydrogens (primary N) is 1. The molecule has 1 heterocycles. The molecule has 1 aromatic heterocycles. The second-order valence-corrected chi connectivity index (χ2v) is 4.73. The number of benzene rings is 1. The third-order valence-corrected chi connectivity index (χ3v) is 2.93. The number of halogens is 1. The Morgan fingerprint density at radius 3 is 2.67 bits per heavy atom. The lowest BCUT2D eigenvalue weighted by atomic mass is 10.3. The van der Waals surface area contributed by atoms with Crippen molar-refractivity contribution in [3.63, 3.8) is 0 Å². The van der Waals surface area contributed by atoms with E-state index in [4.69, 9.17) is 15.0 Å². The maximum atomic E-state index is 11.2. The second-order valence-electron chi connectivity index (χ2n) is 3.48. The zero-order chi connectivity index (χ0) is 13.0. The van der Waals surface area contributed by atoms with Gasteiger partial charge in [0.05, 0.1) is 0 Å². The van der Waals surface area contributed by atoms with Gasteiger partial charge < -0.3 is 9.15 Å². The molecule has 1 aromatic carbocycles. The van der Waals surface area contributed by atoms with Gasteiger partial charge in [0.2, 0.25) is 0 Å². The highest BCUT2D eigenvalue weighted by Gasteiger charge is 2.09. The number of amides is 1. The molecular formula is C12H11IN2O3. The van der Waals surface area contributed by atoms with E-state index in [1.54, 1.807) is 12.1 Å². The normalized spacial score (nSPS) is 10.1. The average Bonchev–Trinajstić information content (AvgIpc) is 2.86. The van der Waals surface area contributed by atoms with Crippen LogP contribution in [0.4, 0.5) is 0 Å². The number of nitrogen functional groups attached to an aromatic ring is 1. The number of nitrogens with one attached hydrogen (secondary N) is 1. The second kappa shape index (κ2) is 5.87. The number of hydrazine groups is 1. The minimum atomic E-state index is -0.462. The van der Waals surface area contributed by atoms with Crippen LogP contribution in [0.5, 0.6) is 5.75 Å². The van der Waals surface area contributed by atoms with Crippen molar-refractivity contribution in [3.05, 3.63) is 51.5 Å². The van der Waals surface area contributed by atoms with E-state index in [1.807, 2.05) is 29.7 Å². The molecule has 0 unspecified atom stereocenters. The summed E-state index contributed by atoms with van der Waals surface area (Å²) in [6, 6.07) is 10.9. The summed E-state index contributed by atoms with van der Waals surface area (Å²) in [4.78, 5) is 11.2. The van der Waals surface area contributed by atoms with Crippen LogP contribution >= 0.6 is 22.6 Å². The van der Waals surface area contributed by atoms with Crippen LogP contribution in [0.15, 0.2) is 40.8 Å². The Labute approximate surface area is 117 Å². The van der Waals surface area contributed by atoms with Crippen LogP contribution in [0.3, 0.4) is 0 Å². The van der Waals surface area contributed by atoms with Gasteiger partial charge in [0.15, 0.2) is 5.76 Å². The van der Waals surface area contributed by atoms with E-state index in [2.05, 4.69) is 22.6 Å². The molecule has 94 valence electrons. The average molecular weight is 358 g/mol. The third-order valence-electron chi connectivity index (χ3n) is 2.21. The number of hydrogen-bond donors (Lipinski definition) is 2. The summed E-state index contributed by atoms with van der Waals surface area (Å²) < 4.78 is 11.9. The summed E-state index contributed by atoms with van der Waals surface area (Å²) in [6.45, 7) is 0.262. The van der Waals surface area contributed by atoms with Gasteiger partial charge in [-0.15, -0.1) is 0 Å². The van der Waals surface area contributed by atoms with Crippen molar-refractivity contribution < 1.29 is 13.9 Å². The van der Waals surface area contributed by atoms with Gasteiger partial charge in [0.25, 0.3) is 0 Å². The van der Waals surface area contributed by atoms with Gasteiger partial charge in [-0.25, -0.2) is 5.84 Å². The topological polar surface area (TPSA) is 77.5 Å².